The third-order valence-electron chi connectivity index (χ3n) is 4.76. The van der Waals surface area contributed by atoms with Crippen LogP contribution in [0, 0.1) is 0 Å². The van der Waals surface area contributed by atoms with Crippen LogP contribution in [0.5, 0.6) is 0 Å². The van der Waals surface area contributed by atoms with Crippen LogP contribution in [-0.4, -0.2) is 48.6 Å². The predicted octanol–water partition coefficient (Wildman–Crippen LogP) is 3.36. The summed E-state index contributed by atoms with van der Waals surface area (Å²) in [5.74, 6) is 0.954. The van der Waals surface area contributed by atoms with Crippen LogP contribution in [0.15, 0.2) is 19.6 Å². The van der Waals surface area contributed by atoms with Crippen LogP contribution in [0.4, 0.5) is 0 Å². The fraction of sp³-hybridized carbons (Fsp3) is 0.733. The van der Waals surface area contributed by atoms with Gasteiger partial charge in [-0.1, -0.05) is 6.42 Å². The van der Waals surface area contributed by atoms with E-state index in [0.29, 0.717) is 12.6 Å². The molecular formula is C15H23Br2N3O. The normalized spacial score (nSPS) is 26.3. The number of likely N-dealkylation sites (tertiary alicyclic amines) is 2. The molecule has 1 aromatic rings. The number of hydrogen-bond acceptors (Lipinski definition) is 4. The van der Waals surface area contributed by atoms with E-state index in [1.807, 2.05) is 6.07 Å². The molecule has 0 bridgehead atoms. The summed E-state index contributed by atoms with van der Waals surface area (Å²) in [6, 6.07) is 2.92. The van der Waals surface area contributed by atoms with Gasteiger partial charge in [0.15, 0.2) is 4.67 Å². The number of nitrogens with zero attached hydrogens (tertiary/aromatic N) is 2. The van der Waals surface area contributed by atoms with Gasteiger partial charge < -0.3 is 10.2 Å². The zero-order valence-corrected chi connectivity index (χ0v) is 15.4. The lowest BCUT2D eigenvalue weighted by atomic mass is 10.1. The lowest BCUT2D eigenvalue weighted by molar-refractivity contribution is 0.147. The standard InChI is InChI=1S/C15H23Br2N3O/c16-12-8-14(21-15(12)17)13(9-18)20-7-4-11(10-20)19-5-2-1-3-6-19/h8,11,13H,1-7,9-10,18H2. The zero-order chi connectivity index (χ0) is 14.8. The van der Waals surface area contributed by atoms with Gasteiger partial charge in [-0.3, -0.25) is 9.80 Å². The molecule has 0 amide bonds. The lowest BCUT2D eigenvalue weighted by Crippen LogP contribution is -2.41. The first-order valence-electron chi connectivity index (χ1n) is 7.82. The summed E-state index contributed by atoms with van der Waals surface area (Å²) in [4.78, 5) is 5.15. The number of rotatable bonds is 4. The third-order valence-corrected chi connectivity index (χ3v) is 6.47. The number of halogens is 2. The zero-order valence-electron chi connectivity index (χ0n) is 12.2. The minimum Gasteiger partial charge on any atom is -0.451 e. The van der Waals surface area contributed by atoms with Crippen molar-refractivity contribution in [1.82, 2.24) is 9.80 Å². The Morgan fingerprint density at radius 1 is 1.24 bits per heavy atom. The van der Waals surface area contributed by atoms with E-state index < -0.39 is 0 Å². The number of piperidine rings is 1. The number of hydrogen-bond donors (Lipinski definition) is 1. The number of furan rings is 1. The summed E-state index contributed by atoms with van der Waals surface area (Å²) in [5.41, 5.74) is 6.02. The first kappa shape index (κ1) is 16.0. The maximum Gasteiger partial charge on any atom is 0.183 e. The molecule has 4 nitrogen and oxygen atoms in total. The van der Waals surface area contributed by atoms with Crippen LogP contribution in [-0.2, 0) is 0 Å². The minimum absolute atomic E-state index is 0.183. The molecule has 2 unspecified atom stereocenters. The summed E-state index contributed by atoms with van der Waals surface area (Å²) in [5, 5.41) is 0. The first-order chi connectivity index (χ1) is 10.2. The molecule has 2 N–H and O–H groups in total. The lowest BCUT2D eigenvalue weighted by Gasteiger charge is -2.33. The highest BCUT2D eigenvalue weighted by atomic mass is 79.9. The molecule has 6 heteroatoms. The van der Waals surface area contributed by atoms with Crippen LogP contribution in [0.3, 0.4) is 0 Å². The van der Waals surface area contributed by atoms with Crippen LogP contribution < -0.4 is 5.73 Å². The van der Waals surface area contributed by atoms with Gasteiger partial charge in [0.1, 0.15) is 5.76 Å². The van der Waals surface area contributed by atoms with Gasteiger partial charge in [0.2, 0.25) is 0 Å². The Balaban J connectivity index is 1.65. The molecule has 0 spiro atoms. The Kier molecular flexibility index (Phi) is 5.43. The van der Waals surface area contributed by atoms with Crippen LogP contribution in [0.2, 0.25) is 0 Å². The third kappa shape index (κ3) is 3.55. The highest BCUT2D eigenvalue weighted by Crippen LogP contribution is 2.34. The highest BCUT2D eigenvalue weighted by molar-refractivity contribution is 9.13. The summed E-state index contributed by atoms with van der Waals surface area (Å²) in [7, 11) is 0. The molecule has 21 heavy (non-hydrogen) atoms. The van der Waals surface area contributed by atoms with Crippen molar-refractivity contribution < 1.29 is 4.42 Å². The SMILES string of the molecule is NCC(c1cc(Br)c(Br)o1)N1CCC(N2CCCCC2)C1. The van der Waals surface area contributed by atoms with Gasteiger partial charge in [0.05, 0.1) is 10.5 Å². The first-order valence-corrected chi connectivity index (χ1v) is 9.40. The van der Waals surface area contributed by atoms with Gasteiger partial charge >= 0.3 is 0 Å². The molecule has 3 heterocycles. The van der Waals surface area contributed by atoms with E-state index in [4.69, 9.17) is 10.2 Å². The summed E-state index contributed by atoms with van der Waals surface area (Å²) in [6.45, 7) is 5.35. The average molecular weight is 421 g/mol. The number of nitrogens with two attached hydrogens (primary N) is 1. The second-order valence-corrected chi connectivity index (χ2v) is 7.63. The summed E-state index contributed by atoms with van der Waals surface area (Å²) < 4.78 is 7.51. The molecular weight excluding hydrogens is 398 g/mol. The van der Waals surface area contributed by atoms with Crippen LogP contribution >= 0.6 is 31.9 Å². The molecule has 118 valence electrons. The molecule has 1 aromatic heterocycles. The van der Waals surface area contributed by atoms with Gasteiger partial charge in [0, 0.05) is 25.7 Å². The Morgan fingerprint density at radius 3 is 2.62 bits per heavy atom. The Hall–Kier alpha value is 0.120. The maximum atomic E-state index is 6.02. The van der Waals surface area contributed by atoms with E-state index in [0.717, 1.165) is 28.0 Å². The van der Waals surface area contributed by atoms with Crippen molar-refractivity contribution in [2.45, 2.75) is 37.8 Å². The van der Waals surface area contributed by atoms with Crippen molar-refractivity contribution in [2.24, 2.45) is 5.73 Å². The molecule has 0 aromatic carbocycles. The molecule has 0 radical (unpaired) electrons. The molecule has 3 rings (SSSR count). The Morgan fingerprint density at radius 2 is 2.00 bits per heavy atom. The van der Waals surface area contributed by atoms with Crippen molar-refractivity contribution in [3.8, 4) is 0 Å². The second kappa shape index (κ2) is 7.13. The van der Waals surface area contributed by atoms with Crippen molar-refractivity contribution in [3.63, 3.8) is 0 Å². The topological polar surface area (TPSA) is 45.6 Å². The molecule has 2 fully saturated rings. The van der Waals surface area contributed by atoms with Crippen molar-refractivity contribution in [3.05, 3.63) is 21.0 Å². The summed E-state index contributed by atoms with van der Waals surface area (Å²) in [6.07, 6.45) is 5.36. The van der Waals surface area contributed by atoms with Crippen molar-refractivity contribution in [2.75, 3.05) is 32.7 Å². The molecule has 0 saturated carbocycles. The largest absolute Gasteiger partial charge is 0.451 e. The fourth-order valence-electron chi connectivity index (χ4n) is 3.61. The predicted molar refractivity (Wildman–Crippen MR) is 91.3 cm³/mol. The Bertz CT molecular complexity index is 454. The molecule has 2 aliphatic heterocycles. The van der Waals surface area contributed by atoms with E-state index in [1.54, 1.807) is 0 Å². The van der Waals surface area contributed by atoms with Gasteiger partial charge in [-0.25, -0.2) is 0 Å². The van der Waals surface area contributed by atoms with Crippen LogP contribution in [0.1, 0.15) is 37.5 Å². The quantitative estimate of drug-likeness (QED) is 0.810. The monoisotopic (exact) mass is 419 g/mol. The average Bonchev–Trinajstić information content (AvgIpc) is 3.10. The maximum absolute atomic E-state index is 6.02. The fourth-order valence-corrected chi connectivity index (χ4v) is 4.21. The van der Waals surface area contributed by atoms with E-state index in [1.165, 1.54) is 38.8 Å². The van der Waals surface area contributed by atoms with Gasteiger partial charge in [0.25, 0.3) is 0 Å². The molecule has 2 saturated heterocycles. The molecule has 2 atom stereocenters. The molecule has 0 aliphatic carbocycles. The highest BCUT2D eigenvalue weighted by Gasteiger charge is 2.33. The summed E-state index contributed by atoms with van der Waals surface area (Å²) >= 11 is 6.90. The van der Waals surface area contributed by atoms with Crippen molar-refractivity contribution in [1.29, 1.82) is 0 Å². The van der Waals surface area contributed by atoms with E-state index in [2.05, 4.69) is 41.7 Å². The van der Waals surface area contributed by atoms with Gasteiger partial charge in [-0.2, -0.15) is 0 Å². The van der Waals surface area contributed by atoms with Gasteiger partial charge in [-0.15, -0.1) is 0 Å². The smallest absolute Gasteiger partial charge is 0.183 e. The van der Waals surface area contributed by atoms with E-state index in [9.17, 15) is 0 Å². The van der Waals surface area contributed by atoms with Gasteiger partial charge in [-0.05, 0) is 70.3 Å². The minimum atomic E-state index is 0.183. The second-order valence-electron chi connectivity index (χ2n) is 6.06. The Labute approximate surface area is 143 Å². The van der Waals surface area contributed by atoms with Crippen LogP contribution in [0.25, 0.3) is 0 Å². The van der Waals surface area contributed by atoms with Crippen molar-refractivity contribution >= 4 is 31.9 Å². The molecule has 2 aliphatic rings. The van der Waals surface area contributed by atoms with E-state index >= 15 is 0 Å². The van der Waals surface area contributed by atoms with E-state index in [-0.39, 0.29) is 6.04 Å².